The normalized spacial score (nSPS) is 21.4. The molecular formula is C19H24N2O2. The van der Waals surface area contributed by atoms with Gasteiger partial charge in [-0.1, -0.05) is 30.4 Å². The molecular weight excluding hydrogens is 288 g/mol. The Morgan fingerprint density at radius 2 is 1.83 bits per heavy atom. The summed E-state index contributed by atoms with van der Waals surface area (Å²) < 4.78 is 0. The van der Waals surface area contributed by atoms with Crippen LogP contribution in [0.1, 0.15) is 42.5 Å². The molecule has 1 saturated heterocycles. The fourth-order valence-corrected chi connectivity index (χ4v) is 3.46. The monoisotopic (exact) mass is 312 g/mol. The molecule has 122 valence electrons. The van der Waals surface area contributed by atoms with Crippen LogP contribution in [0.25, 0.3) is 0 Å². The van der Waals surface area contributed by atoms with Gasteiger partial charge in [0.15, 0.2) is 0 Å². The molecule has 0 bridgehead atoms. The molecule has 1 aliphatic heterocycles. The van der Waals surface area contributed by atoms with Crippen LogP contribution in [-0.2, 0) is 4.79 Å². The summed E-state index contributed by atoms with van der Waals surface area (Å²) in [5.41, 5.74) is 0.668. The number of hydrogen-bond acceptors (Lipinski definition) is 2. The molecule has 0 radical (unpaired) electrons. The quantitative estimate of drug-likeness (QED) is 0.869. The van der Waals surface area contributed by atoms with Crippen molar-refractivity contribution in [1.82, 2.24) is 10.2 Å². The average Bonchev–Trinajstić information content (AvgIpc) is 3.15. The highest BCUT2D eigenvalue weighted by Gasteiger charge is 2.31. The molecule has 23 heavy (non-hydrogen) atoms. The number of likely N-dealkylation sites (tertiary alicyclic amines) is 1. The van der Waals surface area contributed by atoms with E-state index in [0.29, 0.717) is 12.1 Å². The number of carbonyl (C=O) groups is 2. The second-order valence-electron chi connectivity index (χ2n) is 6.40. The van der Waals surface area contributed by atoms with Gasteiger partial charge >= 0.3 is 0 Å². The summed E-state index contributed by atoms with van der Waals surface area (Å²) in [6.45, 7) is 1.36. The average molecular weight is 312 g/mol. The zero-order chi connectivity index (χ0) is 16.1. The van der Waals surface area contributed by atoms with Crippen LogP contribution in [0, 0.1) is 5.92 Å². The number of nitrogens with zero attached hydrogens (tertiary/aromatic N) is 1. The SMILES string of the molecule is O=C(NC[C@H]1CCCCN1C(=O)C1CC=CC1)c1ccccc1. The van der Waals surface area contributed by atoms with Crippen LogP contribution in [-0.4, -0.2) is 35.8 Å². The van der Waals surface area contributed by atoms with Crippen molar-refractivity contribution in [2.75, 3.05) is 13.1 Å². The number of carbonyl (C=O) groups excluding carboxylic acids is 2. The molecule has 4 nitrogen and oxygen atoms in total. The number of hydrogen-bond donors (Lipinski definition) is 1. The van der Waals surface area contributed by atoms with E-state index in [9.17, 15) is 9.59 Å². The molecule has 1 fully saturated rings. The van der Waals surface area contributed by atoms with E-state index in [2.05, 4.69) is 17.5 Å². The van der Waals surface area contributed by atoms with Gasteiger partial charge < -0.3 is 10.2 Å². The molecule has 0 saturated carbocycles. The lowest BCUT2D eigenvalue weighted by atomic mass is 9.97. The minimum absolute atomic E-state index is 0.0638. The third-order valence-corrected chi connectivity index (χ3v) is 4.80. The Bertz CT molecular complexity index is 574. The van der Waals surface area contributed by atoms with Crippen LogP contribution in [0.5, 0.6) is 0 Å². The minimum atomic E-state index is -0.0638. The molecule has 3 rings (SSSR count). The molecule has 1 atom stereocenters. The highest BCUT2D eigenvalue weighted by Crippen LogP contribution is 2.25. The molecule has 0 unspecified atom stereocenters. The molecule has 1 aliphatic carbocycles. The van der Waals surface area contributed by atoms with Gasteiger partial charge in [-0.25, -0.2) is 0 Å². The number of nitrogens with one attached hydrogen (secondary N) is 1. The number of allylic oxidation sites excluding steroid dienone is 2. The van der Waals surface area contributed by atoms with Crippen LogP contribution >= 0.6 is 0 Å². The third-order valence-electron chi connectivity index (χ3n) is 4.80. The van der Waals surface area contributed by atoms with E-state index in [0.717, 1.165) is 38.6 Å². The fraction of sp³-hybridized carbons (Fsp3) is 0.474. The van der Waals surface area contributed by atoms with Crippen LogP contribution in [0.4, 0.5) is 0 Å². The van der Waals surface area contributed by atoms with Crippen molar-refractivity contribution in [3.8, 4) is 0 Å². The van der Waals surface area contributed by atoms with Gasteiger partial charge in [0.25, 0.3) is 5.91 Å². The van der Waals surface area contributed by atoms with Crippen molar-refractivity contribution in [3.63, 3.8) is 0 Å². The van der Waals surface area contributed by atoms with Gasteiger partial charge in [-0.2, -0.15) is 0 Å². The number of benzene rings is 1. The van der Waals surface area contributed by atoms with E-state index in [1.807, 2.05) is 35.2 Å². The van der Waals surface area contributed by atoms with Gasteiger partial charge in [0.1, 0.15) is 0 Å². The molecule has 2 amide bonds. The molecule has 1 heterocycles. The predicted octanol–water partition coefficient (Wildman–Crippen LogP) is 2.76. The topological polar surface area (TPSA) is 49.4 Å². The Morgan fingerprint density at radius 1 is 1.09 bits per heavy atom. The van der Waals surface area contributed by atoms with Crippen molar-refractivity contribution in [3.05, 3.63) is 48.0 Å². The van der Waals surface area contributed by atoms with E-state index in [1.165, 1.54) is 0 Å². The largest absolute Gasteiger partial charge is 0.350 e. The lowest BCUT2D eigenvalue weighted by molar-refractivity contribution is -0.138. The maximum atomic E-state index is 12.7. The Hall–Kier alpha value is -2.10. The lowest BCUT2D eigenvalue weighted by Gasteiger charge is -2.37. The molecule has 1 N–H and O–H groups in total. The predicted molar refractivity (Wildman–Crippen MR) is 90.0 cm³/mol. The Kier molecular flexibility index (Phi) is 5.11. The highest BCUT2D eigenvalue weighted by atomic mass is 16.2. The van der Waals surface area contributed by atoms with E-state index >= 15 is 0 Å². The zero-order valence-electron chi connectivity index (χ0n) is 13.4. The summed E-state index contributed by atoms with van der Waals surface area (Å²) in [7, 11) is 0. The molecule has 0 spiro atoms. The van der Waals surface area contributed by atoms with Crippen molar-refractivity contribution in [2.24, 2.45) is 5.92 Å². The van der Waals surface area contributed by atoms with E-state index in [-0.39, 0.29) is 23.8 Å². The standard InChI is InChI=1S/C19H24N2O2/c22-18(15-8-2-1-3-9-15)20-14-17-12-6-7-13-21(17)19(23)16-10-4-5-11-16/h1-5,8-9,16-17H,6-7,10-14H2,(H,20,22)/t17-/m1/s1. The van der Waals surface area contributed by atoms with Crippen molar-refractivity contribution in [1.29, 1.82) is 0 Å². The maximum Gasteiger partial charge on any atom is 0.251 e. The Morgan fingerprint density at radius 3 is 2.57 bits per heavy atom. The van der Waals surface area contributed by atoms with Crippen LogP contribution in [0.3, 0.4) is 0 Å². The molecule has 4 heteroatoms. The molecule has 0 aromatic heterocycles. The summed E-state index contributed by atoms with van der Waals surface area (Å²) >= 11 is 0. The first-order chi connectivity index (χ1) is 11.3. The molecule has 2 aliphatic rings. The summed E-state index contributed by atoms with van der Waals surface area (Å²) in [5.74, 6) is 0.306. The fourth-order valence-electron chi connectivity index (χ4n) is 3.46. The summed E-state index contributed by atoms with van der Waals surface area (Å²) in [5, 5.41) is 3.00. The van der Waals surface area contributed by atoms with Gasteiger partial charge in [-0.3, -0.25) is 9.59 Å². The van der Waals surface area contributed by atoms with Crippen LogP contribution in [0.15, 0.2) is 42.5 Å². The first-order valence-corrected chi connectivity index (χ1v) is 8.54. The Labute approximate surface area is 137 Å². The first-order valence-electron chi connectivity index (χ1n) is 8.54. The number of amides is 2. The Balaban J connectivity index is 1.58. The second kappa shape index (κ2) is 7.44. The van der Waals surface area contributed by atoms with Crippen LogP contribution < -0.4 is 5.32 Å². The van der Waals surface area contributed by atoms with Crippen molar-refractivity contribution < 1.29 is 9.59 Å². The smallest absolute Gasteiger partial charge is 0.251 e. The lowest BCUT2D eigenvalue weighted by Crippen LogP contribution is -2.51. The van der Waals surface area contributed by atoms with Gasteiger partial charge in [-0.15, -0.1) is 0 Å². The summed E-state index contributed by atoms with van der Waals surface area (Å²) in [6.07, 6.45) is 9.07. The van der Waals surface area contributed by atoms with Gasteiger partial charge in [-0.05, 0) is 44.2 Å². The third kappa shape index (κ3) is 3.81. The first kappa shape index (κ1) is 15.8. The van der Waals surface area contributed by atoms with Crippen LogP contribution in [0.2, 0.25) is 0 Å². The van der Waals surface area contributed by atoms with E-state index in [4.69, 9.17) is 0 Å². The van der Waals surface area contributed by atoms with Crippen molar-refractivity contribution in [2.45, 2.75) is 38.1 Å². The van der Waals surface area contributed by atoms with Gasteiger partial charge in [0.05, 0.1) is 0 Å². The minimum Gasteiger partial charge on any atom is -0.350 e. The van der Waals surface area contributed by atoms with E-state index < -0.39 is 0 Å². The van der Waals surface area contributed by atoms with Gasteiger partial charge in [0, 0.05) is 30.6 Å². The zero-order valence-corrected chi connectivity index (χ0v) is 13.4. The number of rotatable bonds is 4. The second-order valence-corrected chi connectivity index (χ2v) is 6.40. The summed E-state index contributed by atoms with van der Waals surface area (Å²) in [6, 6.07) is 9.36. The van der Waals surface area contributed by atoms with E-state index in [1.54, 1.807) is 0 Å². The number of piperidine rings is 1. The molecule has 1 aromatic carbocycles. The summed E-state index contributed by atoms with van der Waals surface area (Å²) in [4.78, 5) is 26.9. The van der Waals surface area contributed by atoms with Crippen molar-refractivity contribution >= 4 is 11.8 Å². The molecule has 1 aromatic rings. The maximum absolute atomic E-state index is 12.7. The highest BCUT2D eigenvalue weighted by molar-refractivity contribution is 5.94. The van der Waals surface area contributed by atoms with Gasteiger partial charge in [0.2, 0.25) is 5.91 Å².